The van der Waals surface area contributed by atoms with Crippen molar-refractivity contribution in [1.82, 2.24) is 14.6 Å². The van der Waals surface area contributed by atoms with Crippen LogP contribution >= 0.6 is 0 Å². The first-order chi connectivity index (χ1) is 9.56. The number of nitrogens with one attached hydrogen (secondary N) is 2. The summed E-state index contributed by atoms with van der Waals surface area (Å²) in [5.41, 5.74) is 0.602. The highest BCUT2D eigenvalue weighted by Crippen LogP contribution is 2.22. The molecule has 21 heavy (non-hydrogen) atoms. The van der Waals surface area contributed by atoms with E-state index >= 15 is 0 Å². The van der Waals surface area contributed by atoms with Gasteiger partial charge in [0, 0.05) is 31.0 Å². The lowest BCUT2D eigenvalue weighted by atomic mass is 10.3. The molecule has 0 aliphatic rings. The molecular weight excluding hydrogens is 307 g/mol. The minimum atomic E-state index is -4.57. The van der Waals surface area contributed by atoms with E-state index in [1.54, 1.807) is 0 Å². The molecule has 1 aromatic heterocycles. The normalized spacial score (nSPS) is 13.3. The third-order valence-corrected chi connectivity index (χ3v) is 4.66. The van der Waals surface area contributed by atoms with Gasteiger partial charge in [-0.05, 0) is 6.07 Å². The van der Waals surface area contributed by atoms with Crippen LogP contribution in [0.15, 0.2) is 17.2 Å². The van der Waals surface area contributed by atoms with Crippen LogP contribution < -0.4 is 5.32 Å². The van der Waals surface area contributed by atoms with Gasteiger partial charge in [-0.3, -0.25) is 0 Å². The number of halogens is 3. The Balaban J connectivity index is 2.91. The van der Waals surface area contributed by atoms with Gasteiger partial charge in [0.2, 0.25) is 10.0 Å². The van der Waals surface area contributed by atoms with Crippen LogP contribution in [-0.2, 0) is 16.6 Å². The van der Waals surface area contributed by atoms with E-state index in [0.29, 0.717) is 16.5 Å². The first-order valence-electron chi connectivity index (χ1n) is 6.54. The van der Waals surface area contributed by atoms with Crippen molar-refractivity contribution in [2.24, 2.45) is 0 Å². The van der Waals surface area contributed by atoms with Gasteiger partial charge in [-0.15, -0.1) is 0 Å². The number of hydrogen-bond donors (Lipinski definition) is 2. The van der Waals surface area contributed by atoms with Crippen LogP contribution in [0, 0.1) is 0 Å². The van der Waals surface area contributed by atoms with Crippen LogP contribution in [0.5, 0.6) is 0 Å². The van der Waals surface area contributed by atoms with Gasteiger partial charge >= 0.3 is 6.18 Å². The summed E-state index contributed by atoms with van der Waals surface area (Å²) in [6, 6.07) is 1.56. The highest BCUT2D eigenvalue weighted by molar-refractivity contribution is 7.89. The van der Waals surface area contributed by atoms with E-state index < -0.39 is 22.7 Å². The van der Waals surface area contributed by atoms with Crippen LogP contribution in [0.4, 0.5) is 13.2 Å². The maximum absolute atomic E-state index is 12.4. The Morgan fingerprint density at radius 1 is 1.38 bits per heavy atom. The minimum absolute atomic E-state index is 0.158. The summed E-state index contributed by atoms with van der Waals surface area (Å²) in [5, 5.41) is 3.09. The van der Waals surface area contributed by atoms with Crippen molar-refractivity contribution in [2.75, 3.05) is 13.1 Å². The molecule has 0 radical (unpaired) electrons. The number of H-pyrrole nitrogens is 1. The summed E-state index contributed by atoms with van der Waals surface area (Å²) < 4.78 is 62.1. The Hall–Kier alpha value is -1.06. The third kappa shape index (κ3) is 5.33. The average Bonchev–Trinajstić information content (AvgIpc) is 2.81. The van der Waals surface area contributed by atoms with Crippen molar-refractivity contribution in [2.45, 2.75) is 44.4 Å². The standard InChI is InChI=1S/C12H20F3N3O2S/c1-4-18(8-12(13,14)15)21(19,20)11-5-10(17-7-11)6-16-9(2)3/h5,7,9,16-17H,4,6,8H2,1-3H3. The third-order valence-electron chi connectivity index (χ3n) is 2.76. The molecule has 0 spiro atoms. The zero-order valence-corrected chi connectivity index (χ0v) is 13.0. The van der Waals surface area contributed by atoms with E-state index in [-0.39, 0.29) is 17.5 Å². The molecule has 0 aliphatic carbocycles. The van der Waals surface area contributed by atoms with Crippen molar-refractivity contribution in [3.63, 3.8) is 0 Å². The van der Waals surface area contributed by atoms with Gasteiger partial charge in [0.1, 0.15) is 6.54 Å². The van der Waals surface area contributed by atoms with Crippen molar-refractivity contribution in [1.29, 1.82) is 0 Å². The lowest BCUT2D eigenvalue weighted by Gasteiger charge is -2.21. The van der Waals surface area contributed by atoms with Gasteiger partial charge in [-0.1, -0.05) is 20.8 Å². The lowest BCUT2D eigenvalue weighted by molar-refractivity contribution is -0.135. The molecule has 0 atom stereocenters. The Bertz CT molecular complexity index is 552. The van der Waals surface area contributed by atoms with E-state index in [1.165, 1.54) is 19.2 Å². The number of alkyl halides is 3. The molecular formula is C12H20F3N3O2S. The highest BCUT2D eigenvalue weighted by atomic mass is 32.2. The van der Waals surface area contributed by atoms with E-state index in [2.05, 4.69) is 10.3 Å². The van der Waals surface area contributed by atoms with Gasteiger partial charge in [0.05, 0.1) is 4.90 Å². The van der Waals surface area contributed by atoms with Gasteiger partial charge in [0.25, 0.3) is 0 Å². The van der Waals surface area contributed by atoms with E-state index in [0.717, 1.165) is 0 Å². The zero-order chi connectivity index (χ0) is 16.3. The molecule has 0 saturated carbocycles. The van der Waals surface area contributed by atoms with Crippen LogP contribution in [0.2, 0.25) is 0 Å². The second-order valence-electron chi connectivity index (χ2n) is 4.94. The predicted molar refractivity (Wildman–Crippen MR) is 73.3 cm³/mol. The molecule has 2 N–H and O–H groups in total. The van der Waals surface area contributed by atoms with E-state index in [9.17, 15) is 21.6 Å². The smallest absolute Gasteiger partial charge is 0.363 e. The largest absolute Gasteiger partial charge is 0.402 e. The van der Waals surface area contributed by atoms with E-state index in [4.69, 9.17) is 0 Å². The van der Waals surface area contributed by atoms with Crippen LogP contribution in [0.25, 0.3) is 0 Å². The number of hydrogen-bond acceptors (Lipinski definition) is 3. The van der Waals surface area contributed by atoms with Crippen molar-refractivity contribution in [3.05, 3.63) is 18.0 Å². The molecule has 0 bridgehead atoms. The Morgan fingerprint density at radius 3 is 2.48 bits per heavy atom. The molecule has 9 heteroatoms. The Labute approximate surface area is 122 Å². The zero-order valence-electron chi connectivity index (χ0n) is 12.2. The van der Waals surface area contributed by atoms with Gasteiger partial charge in [-0.2, -0.15) is 17.5 Å². The maximum atomic E-state index is 12.4. The average molecular weight is 327 g/mol. The van der Waals surface area contributed by atoms with Crippen molar-refractivity contribution < 1.29 is 21.6 Å². The topological polar surface area (TPSA) is 65.2 Å². The van der Waals surface area contributed by atoms with Crippen LogP contribution in [0.1, 0.15) is 26.5 Å². The van der Waals surface area contributed by atoms with E-state index in [1.807, 2.05) is 13.8 Å². The molecule has 5 nitrogen and oxygen atoms in total. The van der Waals surface area contributed by atoms with Crippen molar-refractivity contribution >= 4 is 10.0 Å². The highest BCUT2D eigenvalue weighted by Gasteiger charge is 2.36. The molecule has 0 aromatic carbocycles. The molecule has 0 saturated heterocycles. The number of nitrogens with zero attached hydrogens (tertiary/aromatic N) is 1. The first-order valence-corrected chi connectivity index (χ1v) is 7.98. The number of aromatic amines is 1. The number of rotatable bonds is 7. The number of sulfonamides is 1. The minimum Gasteiger partial charge on any atom is -0.363 e. The Morgan fingerprint density at radius 2 is 2.00 bits per heavy atom. The number of aromatic nitrogens is 1. The summed E-state index contributed by atoms with van der Waals surface area (Å²) in [6.07, 6.45) is -3.35. The summed E-state index contributed by atoms with van der Waals surface area (Å²) >= 11 is 0. The second-order valence-corrected chi connectivity index (χ2v) is 6.88. The molecule has 1 heterocycles. The summed E-state index contributed by atoms with van der Waals surface area (Å²) in [4.78, 5) is 2.60. The summed E-state index contributed by atoms with van der Waals surface area (Å²) in [6.45, 7) is 3.92. The quantitative estimate of drug-likeness (QED) is 0.806. The van der Waals surface area contributed by atoms with Crippen LogP contribution in [-0.4, -0.2) is 43.0 Å². The fourth-order valence-electron chi connectivity index (χ4n) is 1.70. The molecule has 0 unspecified atom stereocenters. The van der Waals surface area contributed by atoms with Crippen molar-refractivity contribution in [3.8, 4) is 0 Å². The molecule has 1 aromatic rings. The fourth-order valence-corrected chi connectivity index (χ4v) is 3.15. The van der Waals surface area contributed by atoms with Gasteiger partial charge in [-0.25, -0.2) is 8.42 Å². The maximum Gasteiger partial charge on any atom is 0.402 e. The first kappa shape index (κ1) is 18.0. The van der Waals surface area contributed by atoms with Gasteiger partial charge in [0.15, 0.2) is 0 Å². The summed E-state index contributed by atoms with van der Waals surface area (Å²) in [5.74, 6) is 0. The van der Waals surface area contributed by atoms with Crippen LogP contribution in [0.3, 0.4) is 0 Å². The van der Waals surface area contributed by atoms with Gasteiger partial charge < -0.3 is 10.3 Å². The summed E-state index contributed by atoms with van der Waals surface area (Å²) in [7, 11) is -4.15. The fraction of sp³-hybridized carbons (Fsp3) is 0.667. The predicted octanol–water partition coefficient (Wildman–Crippen LogP) is 2.09. The lowest BCUT2D eigenvalue weighted by Crippen LogP contribution is -2.38. The monoisotopic (exact) mass is 327 g/mol. The molecule has 122 valence electrons. The molecule has 0 fully saturated rings. The SMILES string of the molecule is CCN(CC(F)(F)F)S(=O)(=O)c1c[nH]c(CNC(C)C)c1. The molecule has 0 amide bonds. The molecule has 1 rings (SSSR count). The molecule has 0 aliphatic heterocycles. The second kappa shape index (κ2) is 6.80. The Kier molecular flexibility index (Phi) is 5.83.